The Hall–Kier alpha value is -1.43. The molecule has 1 aliphatic carbocycles. The van der Waals surface area contributed by atoms with Gasteiger partial charge in [0.2, 0.25) is 5.78 Å². The summed E-state index contributed by atoms with van der Waals surface area (Å²) >= 11 is 5.84. The van der Waals surface area contributed by atoms with Gasteiger partial charge in [0.1, 0.15) is 16.9 Å². The predicted octanol–water partition coefficient (Wildman–Crippen LogP) is -2.42. The number of carbonyl (C=O) groups is 2. The zero-order chi connectivity index (χ0) is 12.9. The minimum atomic E-state index is -1.20. The number of aromatic nitrogens is 1. The molecular formula is C12H10Cl2N2O3. The van der Waals surface area contributed by atoms with Gasteiger partial charge < -0.3 is 17.5 Å². The first kappa shape index (κ1) is 14.0. The summed E-state index contributed by atoms with van der Waals surface area (Å²) in [5.74, 6) is -1.69. The number of nitrogens with zero attached hydrogens (tertiary/aromatic N) is 1. The summed E-state index contributed by atoms with van der Waals surface area (Å²) in [5.41, 5.74) is 0.877. The second kappa shape index (κ2) is 4.92. The van der Waals surface area contributed by atoms with Gasteiger partial charge in [-0.1, -0.05) is 11.6 Å². The van der Waals surface area contributed by atoms with Gasteiger partial charge in [-0.25, -0.2) is 9.78 Å². The van der Waals surface area contributed by atoms with Gasteiger partial charge in [-0.05, 0) is 0 Å². The molecule has 1 atom stereocenters. The number of hydrogen-bond acceptors (Lipinski definition) is 3. The van der Waals surface area contributed by atoms with Crippen molar-refractivity contribution in [2.45, 2.75) is 18.9 Å². The zero-order valence-corrected chi connectivity index (χ0v) is 11.2. The molecule has 0 amide bonds. The molecule has 2 N–H and O–H groups in total. The lowest BCUT2D eigenvalue weighted by atomic mass is 10.00. The molecule has 1 aromatic rings. The number of carbonyl (C=O) groups excluding carboxylic acids is 1. The standard InChI is InChI=1S/C12H9ClN2O3.ClH/c13-10-3-9-7(4-14-10)11(16)8(12(17)18)5-15(9)6-1-2-6;/h3-6H,1-2H2,(H,17,18);1H. The molecule has 0 aromatic carbocycles. The van der Waals surface area contributed by atoms with E-state index in [-0.39, 0.29) is 18.0 Å². The Bertz CT molecular complexity index is 597. The van der Waals surface area contributed by atoms with Crippen molar-refractivity contribution in [1.82, 2.24) is 4.98 Å². The maximum absolute atomic E-state index is 12.0. The number of aliphatic carboxylic acids is 1. The predicted molar refractivity (Wildman–Crippen MR) is 62.9 cm³/mol. The van der Waals surface area contributed by atoms with E-state index in [1.54, 1.807) is 6.07 Å². The number of Topliss-reactive ketones (excluding diaryl/α,β-unsaturated/α-hetero) is 1. The molecule has 100 valence electrons. The van der Waals surface area contributed by atoms with Crippen molar-refractivity contribution in [3.05, 3.63) is 34.8 Å². The van der Waals surface area contributed by atoms with Crippen LogP contribution in [0.15, 0.2) is 24.0 Å². The van der Waals surface area contributed by atoms with Gasteiger partial charge in [0, 0.05) is 25.1 Å². The van der Waals surface area contributed by atoms with Gasteiger partial charge in [-0.15, -0.1) is 0 Å². The highest BCUT2D eigenvalue weighted by Gasteiger charge is 2.41. The lowest BCUT2D eigenvalue weighted by Gasteiger charge is -2.21. The molecule has 7 heteroatoms. The fourth-order valence-corrected chi connectivity index (χ4v) is 2.34. The summed E-state index contributed by atoms with van der Waals surface area (Å²) in [6.45, 7) is 0. The van der Waals surface area contributed by atoms with Crippen LogP contribution in [0.25, 0.3) is 0 Å². The van der Waals surface area contributed by atoms with Gasteiger partial charge >= 0.3 is 5.97 Å². The highest BCUT2D eigenvalue weighted by molar-refractivity contribution is 6.30. The molecule has 1 aromatic heterocycles. The maximum Gasteiger partial charge on any atom is 0.345 e. The van der Waals surface area contributed by atoms with E-state index in [9.17, 15) is 9.59 Å². The third-order valence-corrected chi connectivity index (χ3v) is 3.42. The van der Waals surface area contributed by atoms with Crippen molar-refractivity contribution in [3.8, 4) is 0 Å². The van der Waals surface area contributed by atoms with Crippen LogP contribution < -0.4 is 17.3 Å². The van der Waals surface area contributed by atoms with E-state index in [2.05, 4.69) is 4.98 Å². The van der Waals surface area contributed by atoms with Crippen LogP contribution >= 0.6 is 11.6 Å². The molecule has 0 radical (unpaired) electrons. The van der Waals surface area contributed by atoms with Crippen LogP contribution in [0, 0.1) is 0 Å². The molecule has 0 spiro atoms. The number of nitrogens with one attached hydrogen (secondary N) is 1. The molecule has 2 heterocycles. The lowest BCUT2D eigenvalue weighted by molar-refractivity contribution is -0.789. The highest BCUT2D eigenvalue weighted by atomic mass is 35.5. The van der Waals surface area contributed by atoms with Crippen molar-refractivity contribution < 1.29 is 32.0 Å². The number of pyridine rings is 1. The maximum atomic E-state index is 12.0. The number of quaternary nitrogens is 1. The van der Waals surface area contributed by atoms with Crippen LogP contribution in [0.4, 0.5) is 5.69 Å². The van der Waals surface area contributed by atoms with Gasteiger partial charge in [0.25, 0.3) is 0 Å². The molecule has 1 saturated carbocycles. The van der Waals surface area contributed by atoms with Crippen molar-refractivity contribution >= 4 is 29.0 Å². The summed E-state index contributed by atoms with van der Waals surface area (Å²) in [6.07, 6.45) is 4.89. The number of ketones is 1. The van der Waals surface area contributed by atoms with Crippen molar-refractivity contribution in [3.63, 3.8) is 0 Å². The van der Waals surface area contributed by atoms with Crippen molar-refractivity contribution in [2.75, 3.05) is 0 Å². The van der Waals surface area contributed by atoms with E-state index in [0.717, 1.165) is 23.4 Å². The largest absolute Gasteiger partial charge is 1.00 e. The molecule has 1 fully saturated rings. The number of carboxylic acids is 1. The van der Waals surface area contributed by atoms with E-state index < -0.39 is 11.8 Å². The van der Waals surface area contributed by atoms with Crippen molar-refractivity contribution in [2.24, 2.45) is 0 Å². The molecule has 2 aliphatic rings. The number of rotatable bonds is 2. The molecule has 0 saturated heterocycles. The molecule has 19 heavy (non-hydrogen) atoms. The third kappa shape index (κ3) is 2.36. The zero-order valence-electron chi connectivity index (χ0n) is 9.69. The molecule has 1 aliphatic heterocycles. The quantitative estimate of drug-likeness (QED) is 0.471. The lowest BCUT2D eigenvalue weighted by Crippen LogP contribution is -3.05. The Morgan fingerprint density at radius 1 is 1.47 bits per heavy atom. The van der Waals surface area contributed by atoms with Gasteiger partial charge in [0.05, 0.1) is 6.04 Å². The first-order valence-electron chi connectivity index (χ1n) is 5.60. The topological polar surface area (TPSA) is 71.7 Å². The van der Waals surface area contributed by atoms with Crippen LogP contribution in [0.3, 0.4) is 0 Å². The Morgan fingerprint density at radius 2 is 2.16 bits per heavy atom. The Labute approximate surface area is 120 Å². The average molecular weight is 301 g/mol. The summed E-state index contributed by atoms with van der Waals surface area (Å²) in [7, 11) is 0. The number of carboxylic acid groups (broad SMARTS) is 1. The van der Waals surface area contributed by atoms with Crippen molar-refractivity contribution in [1.29, 1.82) is 0 Å². The molecule has 3 rings (SSSR count). The van der Waals surface area contributed by atoms with E-state index in [4.69, 9.17) is 16.7 Å². The fourth-order valence-electron chi connectivity index (χ4n) is 2.18. The normalized spacial score (nSPS) is 21.2. The smallest absolute Gasteiger partial charge is 0.345 e. The number of halogens is 2. The minimum absolute atomic E-state index is 0. The van der Waals surface area contributed by atoms with E-state index in [1.165, 1.54) is 12.4 Å². The van der Waals surface area contributed by atoms with E-state index >= 15 is 0 Å². The second-order valence-electron chi connectivity index (χ2n) is 4.47. The fraction of sp³-hybridized carbons (Fsp3) is 0.250. The third-order valence-electron chi connectivity index (χ3n) is 3.22. The summed E-state index contributed by atoms with van der Waals surface area (Å²) < 4.78 is 0. The Morgan fingerprint density at radius 3 is 2.74 bits per heavy atom. The Balaban J connectivity index is 0.00000133. The van der Waals surface area contributed by atoms with Gasteiger partial charge in [-0.3, -0.25) is 9.69 Å². The van der Waals surface area contributed by atoms with E-state index in [1.807, 2.05) is 0 Å². The van der Waals surface area contributed by atoms with Crippen LogP contribution in [0.5, 0.6) is 0 Å². The average Bonchev–Trinajstić information content (AvgIpc) is 3.13. The summed E-state index contributed by atoms with van der Waals surface area (Å²) in [4.78, 5) is 27.9. The molecule has 1 unspecified atom stereocenters. The first-order chi connectivity index (χ1) is 8.58. The van der Waals surface area contributed by atoms with E-state index in [0.29, 0.717) is 16.8 Å². The molecule has 5 nitrogen and oxygen atoms in total. The van der Waals surface area contributed by atoms with Crippen LogP contribution in [0.2, 0.25) is 5.15 Å². The highest BCUT2D eigenvalue weighted by Crippen LogP contribution is 2.26. The van der Waals surface area contributed by atoms with Gasteiger partial charge in [-0.2, -0.15) is 0 Å². The summed E-state index contributed by atoms with van der Waals surface area (Å²) in [5, 5.41) is 9.37. The molecular weight excluding hydrogens is 291 g/mol. The SMILES string of the molecule is O=C(O)C1=C[NH+](C2CC2)c2cc(Cl)ncc2C1=O.[Cl-]. The molecule has 0 bridgehead atoms. The Kier molecular flexibility index (Phi) is 3.62. The van der Waals surface area contributed by atoms with Crippen LogP contribution in [-0.2, 0) is 4.79 Å². The number of hydrogen-bond donors (Lipinski definition) is 2. The van der Waals surface area contributed by atoms with Crippen LogP contribution in [0.1, 0.15) is 23.2 Å². The number of fused-ring (bicyclic) bond motifs is 1. The second-order valence-corrected chi connectivity index (χ2v) is 4.86. The first-order valence-corrected chi connectivity index (χ1v) is 5.98. The summed E-state index contributed by atoms with van der Waals surface area (Å²) in [6, 6.07) is 1.97. The monoisotopic (exact) mass is 300 g/mol. The van der Waals surface area contributed by atoms with Crippen LogP contribution in [-0.4, -0.2) is 27.9 Å². The minimum Gasteiger partial charge on any atom is -1.00 e. The van der Waals surface area contributed by atoms with Gasteiger partial charge in [0.15, 0.2) is 11.3 Å².